The summed E-state index contributed by atoms with van der Waals surface area (Å²) >= 11 is 2.02. The third-order valence-electron chi connectivity index (χ3n) is 4.71. The highest BCUT2D eigenvalue weighted by molar-refractivity contribution is 8.00. The zero-order chi connectivity index (χ0) is 14.5. The van der Waals surface area contributed by atoms with E-state index in [9.17, 15) is 5.11 Å². The lowest BCUT2D eigenvalue weighted by Crippen LogP contribution is -2.25. The molecule has 2 heteroatoms. The largest absolute Gasteiger partial charge is 0.395 e. The van der Waals surface area contributed by atoms with Gasteiger partial charge in [-0.25, -0.2) is 0 Å². The smallest absolute Gasteiger partial charge is 0.0578 e. The quantitative estimate of drug-likeness (QED) is 0.424. The molecule has 1 nitrogen and oxygen atoms in total. The number of hydrogen-bond acceptors (Lipinski definition) is 2. The van der Waals surface area contributed by atoms with Gasteiger partial charge in [0.25, 0.3) is 0 Å². The fourth-order valence-corrected chi connectivity index (χ4v) is 4.66. The van der Waals surface area contributed by atoms with Crippen molar-refractivity contribution in [2.45, 2.75) is 102 Å². The molecule has 0 amide bonds. The van der Waals surface area contributed by atoms with Crippen molar-refractivity contribution in [3.8, 4) is 0 Å². The first-order chi connectivity index (χ1) is 9.83. The van der Waals surface area contributed by atoms with Gasteiger partial charge in [-0.15, -0.1) is 0 Å². The van der Waals surface area contributed by atoms with Crippen LogP contribution in [0.2, 0.25) is 0 Å². The van der Waals surface area contributed by atoms with Crippen molar-refractivity contribution in [1.29, 1.82) is 0 Å². The van der Waals surface area contributed by atoms with Crippen molar-refractivity contribution in [2.24, 2.45) is 0 Å². The Labute approximate surface area is 131 Å². The minimum Gasteiger partial charge on any atom is -0.395 e. The summed E-state index contributed by atoms with van der Waals surface area (Å²) in [6, 6.07) is 0. The van der Waals surface area contributed by atoms with E-state index in [-0.39, 0.29) is 4.75 Å². The zero-order valence-electron chi connectivity index (χ0n) is 13.7. The molecule has 1 aliphatic heterocycles. The molecule has 1 rings (SSSR count). The Morgan fingerprint density at radius 2 is 1.40 bits per heavy atom. The van der Waals surface area contributed by atoms with Gasteiger partial charge < -0.3 is 5.11 Å². The SMILES string of the molecule is CCCCCCCCCCCCCC1(CO)CCCS1. The normalized spacial score (nSPS) is 22.5. The molecule has 1 heterocycles. The molecule has 0 aromatic carbocycles. The monoisotopic (exact) mass is 300 g/mol. The predicted octanol–water partition coefficient (Wildman–Crippen LogP) is 5.95. The first kappa shape index (κ1) is 18.4. The van der Waals surface area contributed by atoms with Crippen molar-refractivity contribution < 1.29 is 5.11 Å². The summed E-state index contributed by atoms with van der Waals surface area (Å²) in [6.07, 6.45) is 19.3. The fraction of sp³-hybridized carbons (Fsp3) is 1.00. The number of rotatable bonds is 13. The van der Waals surface area contributed by atoms with Gasteiger partial charge in [0.05, 0.1) is 6.61 Å². The van der Waals surface area contributed by atoms with Crippen LogP contribution in [0.5, 0.6) is 0 Å². The summed E-state index contributed by atoms with van der Waals surface area (Å²) in [5, 5.41) is 9.56. The minimum absolute atomic E-state index is 0.249. The van der Waals surface area contributed by atoms with Crippen molar-refractivity contribution in [3.05, 3.63) is 0 Å². The van der Waals surface area contributed by atoms with E-state index in [1.807, 2.05) is 11.8 Å². The van der Waals surface area contributed by atoms with Crippen molar-refractivity contribution in [3.63, 3.8) is 0 Å². The Morgan fingerprint density at radius 1 is 0.850 bits per heavy atom. The van der Waals surface area contributed by atoms with Crippen LogP contribution in [0.3, 0.4) is 0 Å². The van der Waals surface area contributed by atoms with Gasteiger partial charge in [0.15, 0.2) is 0 Å². The van der Waals surface area contributed by atoms with Gasteiger partial charge in [-0.1, -0.05) is 77.6 Å². The van der Waals surface area contributed by atoms with E-state index in [0.717, 1.165) is 0 Å². The van der Waals surface area contributed by atoms with E-state index < -0.39 is 0 Å². The van der Waals surface area contributed by atoms with Gasteiger partial charge in [0.1, 0.15) is 0 Å². The molecule has 120 valence electrons. The topological polar surface area (TPSA) is 20.2 Å². The summed E-state index contributed by atoms with van der Waals surface area (Å²) in [7, 11) is 0. The van der Waals surface area contributed by atoms with Gasteiger partial charge in [0, 0.05) is 4.75 Å². The molecule has 0 aromatic rings. The van der Waals surface area contributed by atoms with E-state index in [4.69, 9.17) is 0 Å². The maximum Gasteiger partial charge on any atom is 0.0578 e. The van der Waals surface area contributed by atoms with Crippen LogP contribution in [-0.2, 0) is 0 Å². The molecular weight excluding hydrogens is 264 g/mol. The molecule has 1 fully saturated rings. The van der Waals surface area contributed by atoms with E-state index in [1.54, 1.807) is 0 Å². The lowest BCUT2D eigenvalue weighted by Gasteiger charge is -2.25. The zero-order valence-corrected chi connectivity index (χ0v) is 14.5. The Morgan fingerprint density at radius 3 is 1.85 bits per heavy atom. The van der Waals surface area contributed by atoms with Crippen molar-refractivity contribution >= 4 is 11.8 Å². The van der Waals surface area contributed by atoms with Gasteiger partial charge in [0.2, 0.25) is 0 Å². The van der Waals surface area contributed by atoms with E-state index in [2.05, 4.69) is 6.92 Å². The van der Waals surface area contributed by atoms with Crippen molar-refractivity contribution in [1.82, 2.24) is 0 Å². The number of aliphatic hydroxyl groups is 1. The maximum absolute atomic E-state index is 9.56. The van der Waals surface area contributed by atoms with Gasteiger partial charge in [-0.2, -0.15) is 11.8 Å². The Balaban J connectivity index is 1.83. The lowest BCUT2D eigenvalue weighted by atomic mass is 9.96. The summed E-state index contributed by atoms with van der Waals surface area (Å²) in [5.74, 6) is 1.26. The second kappa shape index (κ2) is 11.9. The molecular formula is C18H36OS. The van der Waals surface area contributed by atoms with Gasteiger partial charge in [-0.05, 0) is 25.0 Å². The molecule has 0 bridgehead atoms. The average molecular weight is 301 g/mol. The lowest BCUT2D eigenvalue weighted by molar-refractivity contribution is 0.234. The minimum atomic E-state index is 0.249. The molecule has 1 unspecified atom stereocenters. The molecule has 1 N–H and O–H groups in total. The van der Waals surface area contributed by atoms with E-state index in [0.29, 0.717) is 6.61 Å². The highest BCUT2D eigenvalue weighted by Crippen LogP contribution is 2.41. The second-order valence-corrected chi connectivity index (χ2v) is 8.14. The predicted molar refractivity (Wildman–Crippen MR) is 92.6 cm³/mol. The highest BCUT2D eigenvalue weighted by Gasteiger charge is 2.33. The molecule has 1 atom stereocenters. The van der Waals surface area contributed by atoms with Crippen LogP contribution < -0.4 is 0 Å². The molecule has 0 aliphatic carbocycles. The van der Waals surface area contributed by atoms with Crippen LogP contribution in [0, 0.1) is 0 Å². The number of aliphatic hydroxyl groups excluding tert-OH is 1. The number of thioether (sulfide) groups is 1. The molecule has 0 aromatic heterocycles. The molecule has 0 saturated carbocycles. The third kappa shape index (κ3) is 7.93. The summed E-state index contributed by atoms with van der Waals surface area (Å²) in [4.78, 5) is 0. The van der Waals surface area contributed by atoms with Crippen LogP contribution in [0.4, 0.5) is 0 Å². The molecule has 1 aliphatic rings. The third-order valence-corrected chi connectivity index (χ3v) is 6.35. The van der Waals surface area contributed by atoms with Crippen LogP contribution in [0.15, 0.2) is 0 Å². The molecule has 0 radical (unpaired) electrons. The highest BCUT2D eigenvalue weighted by atomic mass is 32.2. The standard InChI is InChI=1S/C18H36OS/c1-2-3-4-5-6-7-8-9-10-11-12-14-18(17-19)15-13-16-20-18/h19H,2-17H2,1H3. The molecule has 0 spiro atoms. The van der Waals surface area contributed by atoms with Gasteiger partial charge in [-0.3, -0.25) is 0 Å². The van der Waals surface area contributed by atoms with E-state index in [1.165, 1.54) is 95.6 Å². The van der Waals surface area contributed by atoms with Crippen LogP contribution in [-0.4, -0.2) is 22.2 Å². The van der Waals surface area contributed by atoms with Gasteiger partial charge >= 0.3 is 0 Å². The fourth-order valence-electron chi connectivity index (χ4n) is 3.27. The Bertz CT molecular complexity index is 211. The van der Waals surface area contributed by atoms with Crippen molar-refractivity contribution in [2.75, 3.05) is 12.4 Å². The summed E-state index contributed by atoms with van der Waals surface area (Å²) in [6.45, 7) is 2.68. The van der Waals surface area contributed by atoms with E-state index >= 15 is 0 Å². The Kier molecular flexibility index (Phi) is 10.9. The first-order valence-electron chi connectivity index (χ1n) is 9.08. The number of unbranched alkanes of at least 4 members (excludes halogenated alkanes) is 10. The summed E-state index contributed by atoms with van der Waals surface area (Å²) < 4.78 is 0.249. The first-order valence-corrected chi connectivity index (χ1v) is 10.1. The second-order valence-electron chi connectivity index (χ2n) is 6.58. The summed E-state index contributed by atoms with van der Waals surface area (Å²) in [5.41, 5.74) is 0. The van der Waals surface area contributed by atoms with Crippen LogP contribution >= 0.6 is 11.8 Å². The number of hydrogen-bond donors (Lipinski definition) is 1. The average Bonchev–Trinajstić information content (AvgIpc) is 2.94. The molecule has 1 saturated heterocycles. The van der Waals surface area contributed by atoms with Crippen LogP contribution in [0.25, 0.3) is 0 Å². The Hall–Kier alpha value is 0.310. The maximum atomic E-state index is 9.56. The molecule has 20 heavy (non-hydrogen) atoms. The van der Waals surface area contributed by atoms with Crippen LogP contribution in [0.1, 0.15) is 96.8 Å².